The van der Waals surface area contributed by atoms with Crippen LogP contribution in [-0.2, 0) is 6.54 Å². The summed E-state index contributed by atoms with van der Waals surface area (Å²) in [6, 6.07) is 16.0. The number of H-pyrrole nitrogens is 1. The van der Waals surface area contributed by atoms with Gasteiger partial charge >= 0.3 is 0 Å². The Morgan fingerprint density at radius 1 is 1.14 bits per heavy atom. The fourth-order valence-electron chi connectivity index (χ4n) is 3.46. The van der Waals surface area contributed by atoms with Crippen molar-refractivity contribution >= 4 is 16.8 Å². The summed E-state index contributed by atoms with van der Waals surface area (Å²) >= 11 is 0. The zero-order valence-electron chi connectivity index (χ0n) is 16.0. The van der Waals surface area contributed by atoms with Gasteiger partial charge in [-0.1, -0.05) is 18.2 Å². The molecule has 0 atom stereocenters. The maximum absolute atomic E-state index is 13.4. The van der Waals surface area contributed by atoms with Crippen molar-refractivity contribution in [3.8, 4) is 5.69 Å². The fraction of sp³-hybridized carbons (Fsp3) is 0.182. The van der Waals surface area contributed by atoms with E-state index in [4.69, 9.17) is 0 Å². The smallest absolute Gasteiger partial charge is 0.270 e. The van der Waals surface area contributed by atoms with Gasteiger partial charge < -0.3 is 9.88 Å². The number of carbonyl (C=O) groups excluding carboxylic acids is 1. The molecule has 0 aliphatic rings. The predicted molar refractivity (Wildman–Crippen MR) is 107 cm³/mol. The summed E-state index contributed by atoms with van der Waals surface area (Å²) in [6.45, 7) is 4.39. The van der Waals surface area contributed by atoms with Crippen LogP contribution in [0.3, 0.4) is 0 Å². The Kier molecular flexibility index (Phi) is 4.47. The number of aromatic amines is 1. The minimum atomic E-state index is -0.321. The topological polar surface area (TPSA) is 53.9 Å². The molecule has 0 fully saturated rings. The highest BCUT2D eigenvalue weighted by Gasteiger charge is 2.19. The summed E-state index contributed by atoms with van der Waals surface area (Å²) in [4.78, 5) is 17.6. The Balaban J connectivity index is 1.60. The lowest BCUT2D eigenvalue weighted by Gasteiger charge is -2.17. The third kappa shape index (κ3) is 3.17. The number of benzene rings is 2. The van der Waals surface area contributed by atoms with Gasteiger partial charge in [0.25, 0.3) is 5.91 Å². The van der Waals surface area contributed by atoms with Crippen molar-refractivity contribution in [3.05, 3.63) is 83.1 Å². The van der Waals surface area contributed by atoms with E-state index in [1.807, 2.05) is 48.9 Å². The third-order valence-electron chi connectivity index (χ3n) is 5.00. The average Bonchev–Trinajstić information content (AvgIpc) is 3.23. The summed E-state index contributed by atoms with van der Waals surface area (Å²) in [5.74, 6) is -0.471. The van der Waals surface area contributed by atoms with Crippen LogP contribution in [0.2, 0.25) is 0 Å². The maximum atomic E-state index is 13.4. The Hall–Kier alpha value is -3.41. The van der Waals surface area contributed by atoms with Gasteiger partial charge in [0.05, 0.1) is 11.4 Å². The standard InChI is InChI=1S/C22H21FN4O/c1-14-19(15(2)27(25-14)18-7-5-4-6-8-18)13-26(3)22(28)21-12-16-11-17(23)9-10-20(16)24-21/h4-12,24H,13H2,1-3H3. The number of hydrogen-bond donors (Lipinski definition) is 1. The van der Waals surface area contributed by atoms with Gasteiger partial charge in [-0.15, -0.1) is 0 Å². The lowest BCUT2D eigenvalue weighted by molar-refractivity contribution is 0.0780. The van der Waals surface area contributed by atoms with E-state index in [-0.39, 0.29) is 11.7 Å². The molecule has 6 heteroatoms. The molecule has 4 rings (SSSR count). The largest absolute Gasteiger partial charge is 0.351 e. The van der Waals surface area contributed by atoms with Gasteiger partial charge in [-0.2, -0.15) is 5.10 Å². The maximum Gasteiger partial charge on any atom is 0.270 e. The number of carbonyl (C=O) groups is 1. The van der Waals surface area contributed by atoms with E-state index in [0.717, 1.165) is 28.2 Å². The number of rotatable bonds is 4. The Bertz CT molecular complexity index is 1160. The lowest BCUT2D eigenvalue weighted by Crippen LogP contribution is -2.27. The van der Waals surface area contributed by atoms with Crippen molar-refractivity contribution in [2.45, 2.75) is 20.4 Å². The van der Waals surface area contributed by atoms with Crippen molar-refractivity contribution in [1.82, 2.24) is 19.7 Å². The van der Waals surface area contributed by atoms with Crippen LogP contribution in [0, 0.1) is 19.7 Å². The number of fused-ring (bicyclic) bond motifs is 1. The molecule has 0 saturated carbocycles. The Morgan fingerprint density at radius 2 is 1.89 bits per heavy atom. The molecule has 5 nitrogen and oxygen atoms in total. The van der Waals surface area contributed by atoms with Gasteiger partial charge in [0.2, 0.25) is 0 Å². The second-order valence-corrected chi connectivity index (χ2v) is 6.97. The Labute approximate surface area is 162 Å². The van der Waals surface area contributed by atoms with Crippen molar-refractivity contribution in [1.29, 1.82) is 0 Å². The van der Waals surface area contributed by atoms with E-state index in [2.05, 4.69) is 10.1 Å². The quantitative estimate of drug-likeness (QED) is 0.575. The van der Waals surface area contributed by atoms with E-state index in [0.29, 0.717) is 17.6 Å². The van der Waals surface area contributed by atoms with E-state index in [1.165, 1.54) is 12.1 Å². The number of aromatic nitrogens is 3. The first-order chi connectivity index (χ1) is 13.4. The molecule has 2 aromatic heterocycles. The number of hydrogen-bond acceptors (Lipinski definition) is 2. The molecular formula is C22H21FN4O. The van der Waals surface area contributed by atoms with Crippen LogP contribution in [0.15, 0.2) is 54.6 Å². The minimum absolute atomic E-state index is 0.150. The normalized spacial score (nSPS) is 11.1. The van der Waals surface area contributed by atoms with Crippen molar-refractivity contribution in [2.75, 3.05) is 7.05 Å². The predicted octanol–water partition coefficient (Wildman–Crippen LogP) is 4.38. The van der Waals surface area contributed by atoms with Gasteiger partial charge in [-0.3, -0.25) is 4.79 Å². The fourth-order valence-corrected chi connectivity index (χ4v) is 3.46. The second-order valence-electron chi connectivity index (χ2n) is 6.97. The molecule has 0 spiro atoms. The molecule has 1 N–H and O–H groups in total. The van der Waals surface area contributed by atoms with Crippen molar-refractivity contribution in [2.24, 2.45) is 0 Å². The molecule has 0 aliphatic carbocycles. The van der Waals surface area contributed by atoms with E-state index in [9.17, 15) is 9.18 Å². The number of nitrogens with one attached hydrogen (secondary N) is 1. The highest BCUT2D eigenvalue weighted by atomic mass is 19.1. The molecule has 0 bridgehead atoms. The van der Waals surface area contributed by atoms with Crippen LogP contribution in [-0.4, -0.2) is 32.6 Å². The second kappa shape index (κ2) is 6.96. The summed E-state index contributed by atoms with van der Waals surface area (Å²) in [5, 5.41) is 5.32. The zero-order valence-corrected chi connectivity index (χ0v) is 16.0. The molecule has 2 heterocycles. The Morgan fingerprint density at radius 3 is 2.64 bits per heavy atom. The first kappa shape index (κ1) is 18.0. The summed E-state index contributed by atoms with van der Waals surface area (Å²) in [6.07, 6.45) is 0. The van der Waals surface area contributed by atoms with Crippen LogP contribution in [0.5, 0.6) is 0 Å². The van der Waals surface area contributed by atoms with Gasteiger partial charge in [0.1, 0.15) is 11.5 Å². The third-order valence-corrected chi connectivity index (χ3v) is 5.00. The van der Waals surface area contributed by atoms with Gasteiger partial charge in [-0.05, 0) is 50.2 Å². The average molecular weight is 376 g/mol. The first-order valence-electron chi connectivity index (χ1n) is 9.08. The van der Waals surface area contributed by atoms with Crippen LogP contribution in [0.25, 0.3) is 16.6 Å². The molecule has 0 aliphatic heterocycles. The minimum Gasteiger partial charge on any atom is -0.351 e. The number of aryl methyl sites for hydroxylation is 1. The molecular weight excluding hydrogens is 355 g/mol. The lowest BCUT2D eigenvalue weighted by atomic mass is 10.1. The van der Waals surface area contributed by atoms with Gasteiger partial charge in [-0.25, -0.2) is 9.07 Å². The summed E-state index contributed by atoms with van der Waals surface area (Å²) in [7, 11) is 1.76. The van der Waals surface area contributed by atoms with E-state index >= 15 is 0 Å². The first-order valence-corrected chi connectivity index (χ1v) is 9.08. The molecule has 0 unspecified atom stereocenters. The van der Waals surface area contributed by atoms with Gasteiger partial charge in [0.15, 0.2) is 0 Å². The highest BCUT2D eigenvalue weighted by molar-refractivity contribution is 5.97. The molecule has 142 valence electrons. The molecule has 28 heavy (non-hydrogen) atoms. The van der Waals surface area contributed by atoms with Crippen LogP contribution in [0.1, 0.15) is 27.4 Å². The van der Waals surface area contributed by atoms with Crippen LogP contribution < -0.4 is 0 Å². The molecule has 0 radical (unpaired) electrons. The molecule has 2 aromatic carbocycles. The van der Waals surface area contributed by atoms with Crippen molar-refractivity contribution in [3.63, 3.8) is 0 Å². The van der Waals surface area contributed by atoms with Crippen LogP contribution in [0.4, 0.5) is 4.39 Å². The number of amides is 1. The summed E-state index contributed by atoms with van der Waals surface area (Å²) < 4.78 is 15.3. The molecule has 4 aromatic rings. The van der Waals surface area contributed by atoms with Crippen molar-refractivity contribution < 1.29 is 9.18 Å². The van der Waals surface area contributed by atoms with Gasteiger partial charge in [0, 0.05) is 35.8 Å². The number of nitrogens with zero attached hydrogens (tertiary/aromatic N) is 3. The van der Waals surface area contributed by atoms with E-state index < -0.39 is 0 Å². The summed E-state index contributed by atoms with van der Waals surface area (Å²) in [5.41, 5.74) is 5.07. The monoisotopic (exact) mass is 376 g/mol. The molecule has 0 saturated heterocycles. The highest BCUT2D eigenvalue weighted by Crippen LogP contribution is 2.21. The van der Waals surface area contributed by atoms with Crippen LogP contribution >= 0.6 is 0 Å². The van der Waals surface area contributed by atoms with E-state index in [1.54, 1.807) is 24.1 Å². The number of para-hydroxylation sites is 1. The SMILES string of the molecule is Cc1nn(-c2ccccc2)c(C)c1CN(C)C(=O)c1cc2cc(F)ccc2[nH]1. The number of halogens is 1. The molecule has 1 amide bonds. The zero-order chi connectivity index (χ0) is 19.8.